The molecule has 156 valence electrons. The largest absolute Gasteiger partial charge is 0.390 e. The first-order valence-electron chi connectivity index (χ1n) is 9.31. The molecule has 2 rings (SSSR count). The number of rotatable bonds is 7. The summed E-state index contributed by atoms with van der Waals surface area (Å²) in [5.74, 6) is -1.31. The Hall–Kier alpha value is -2.04. The van der Waals surface area contributed by atoms with E-state index in [9.17, 15) is 23.1 Å². The van der Waals surface area contributed by atoms with Gasteiger partial charge in [-0.15, -0.1) is 0 Å². The number of pyridine rings is 1. The number of nitrogens with one attached hydrogen (secondary N) is 1. The minimum Gasteiger partial charge on any atom is -0.390 e. The number of primary amides is 1. The molecule has 10 heteroatoms. The van der Waals surface area contributed by atoms with Crippen molar-refractivity contribution in [3.63, 3.8) is 0 Å². The van der Waals surface area contributed by atoms with Gasteiger partial charge in [0.1, 0.15) is 0 Å². The normalized spacial score (nSPS) is 24.9. The number of β-amino-alcohol motifs (C(OH)–C–C–N with tert-alkyl or cyclic N) is 1. The summed E-state index contributed by atoms with van der Waals surface area (Å²) in [6.45, 7) is 3.60. The Morgan fingerprint density at radius 1 is 1.43 bits per heavy atom. The maximum absolute atomic E-state index is 12.8. The monoisotopic (exact) mass is 412 g/mol. The van der Waals surface area contributed by atoms with Crippen LogP contribution in [0.25, 0.3) is 0 Å². The number of carbonyl (C=O) groups is 2. The van der Waals surface area contributed by atoms with Crippen LogP contribution in [0.4, 0.5) is 0 Å². The highest BCUT2D eigenvalue weighted by Crippen LogP contribution is 2.23. The van der Waals surface area contributed by atoms with Gasteiger partial charge in [0.25, 0.3) is 10.0 Å². The summed E-state index contributed by atoms with van der Waals surface area (Å²) in [6.07, 6.45) is 1.24. The van der Waals surface area contributed by atoms with E-state index in [1.54, 1.807) is 19.1 Å². The highest BCUT2D eigenvalue weighted by Gasteiger charge is 2.37. The maximum atomic E-state index is 12.8. The van der Waals surface area contributed by atoms with E-state index in [0.29, 0.717) is 12.8 Å². The quantitative estimate of drug-likeness (QED) is 0.569. The van der Waals surface area contributed by atoms with Crippen molar-refractivity contribution in [1.82, 2.24) is 14.6 Å². The van der Waals surface area contributed by atoms with Crippen LogP contribution in [0.2, 0.25) is 0 Å². The van der Waals surface area contributed by atoms with Gasteiger partial charge >= 0.3 is 0 Å². The number of aliphatic hydroxyl groups excluding tert-OH is 1. The zero-order valence-electron chi connectivity index (χ0n) is 16.1. The van der Waals surface area contributed by atoms with Gasteiger partial charge in [-0.2, -0.15) is 4.31 Å². The molecule has 1 saturated heterocycles. The molecule has 4 atom stereocenters. The maximum Gasteiger partial charge on any atom is 0.260 e. The van der Waals surface area contributed by atoms with Crippen LogP contribution in [0.3, 0.4) is 0 Å². The molecule has 0 radical (unpaired) electrons. The molecule has 2 amide bonds. The van der Waals surface area contributed by atoms with Crippen molar-refractivity contribution in [3.05, 3.63) is 24.4 Å². The fourth-order valence-electron chi connectivity index (χ4n) is 3.16. The van der Waals surface area contributed by atoms with Gasteiger partial charge in [-0.25, -0.2) is 13.4 Å². The standard InChI is InChI=1S/C18H28N4O5S/c1-12-8-10-22(28(26,27)16-5-3-4-9-20-16)11-14(23)17(12)21-15(24)7-6-13(2)18(19)25/h3-5,9,12-14,17,23H,6-8,10-11H2,1-2H3,(H2,19,25)(H,21,24)/t12?,13?,14-,17?/m0/s1. The van der Waals surface area contributed by atoms with Gasteiger partial charge in [0, 0.05) is 31.6 Å². The van der Waals surface area contributed by atoms with Crippen LogP contribution in [0.5, 0.6) is 0 Å². The SMILES string of the molecule is CC(CCC(=O)NC1C(C)CCN(S(=O)(=O)c2ccccn2)C[C@@H]1O)C(N)=O. The first kappa shape index (κ1) is 22.3. The summed E-state index contributed by atoms with van der Waals surface area (Å²) in [5, 5.41) is 13.3. The van der Waals surface area contributed by atoms with Gasteiger partial charge < -0.3 is 16.2 Å². The van der Waals surface area contributed by atoms with Gasteiger partial charge in [-0.05, 0) is 30.9 Å². The number of nitrogens with two attached hydrogens (primary N) is 1. The van der Waals surface area contributed by atoms with Crippen LogP contribution in [-0.2, 0) is 19.6 Å². The zero-order chi connectivity index (χ0) is 20.9. The minimum absolute atomic E-state index is 0.0715. The number of nitrogens with zero attached hydrogens (tertiary/aromatic N) is 2. The third-order valence-electron chi connectivity index (χ3n) is 5.11. The third kappa shape index (κ3) is 5.49. The lowest BCUT2D eigenvalue weighted by molar-refractivity contribution is -0.124. The van der Waals surface area contributed by atoms with Gasteiger partial charge in [-0.3, -0.25) is 9.59 Å². The van der Waals surface area contributed by atoms with Crippen LogP contribution < -0.4 is 11.1 Å². The Bertz CT molecular complexity index is 786. The van der Waals surface area contributed by atoms with Crippen molar-refractivity contribution in [1.29, 1.82) is 0 Å². The second kappa shape index (κ2) is 9.44. The van der Waals surface area contributed by atoms with Crippen molar-refractivity contribution in [3.8, 4) is 0 Å². The fraction of sp³-hybridized carbons (Fsp3) is 0.611. The first-order valence-corrected chi connectivity index (χ1v) is 10.7. The lowest BCUT2D eigenvalue weighted by Gasteiger charge is -2.27. The van der Waals surface area contributed by atoms with Crippen molar-refractivity contribution >= 4 is 21.8 Å². The molecule has 1 aromatic heterocycles. The van der Waals surface area contributed by atoms with Crippen molar-refractivity contribution in [2.24, 2.45) is 17.6 Å². The van der Waals surface area contributed by atoms with Gasteiger partial charge in [0.05, 0.1) is 12.1 Å². The zero-order valence-corrected chi connectivity index (χ0v) is 16.9. The lowest BCUT2D eigenvalue weighted by atomic mass is 9.94. The first-order chi connectivity index (χ1) is 13.1. The van der Waals surface area contributed by atoms with E-state index in [-0.39, 0.29) is 36.4 Å². The van der Waals surface area contributed by atoms with Crippen LogP contribution in [0, 0.1) is 11.8 Å². The number of hydrogen-bond acceptors (Lipinski definition) is 6. The molecular formula is C18H28N4O5S. The van der Waals surface area contributed by atoms with E-state index < -0.39 is 34.0 Å². The van der Waals surface area contributed by atoms with Crippen molar-refractivity contribution < 1.29 is 23.1 Å². The summed E-state index contributed by atoms with van der Waals surface area (Å²) < 4.78 is 26.8. The average Bonchev–Trinajstić information content (AvgIpc) is 2.80. The van der Waals surface area contributed by atoms with Gasteiger partial charge in [-0.1, -0.05) is 19.9 Å². The summed E-state index contributed by atoms with van der Waals surface area (Å²) in [7, 11) is -3.83. The van der Waals surface area contributed by atoms with Crippen LogP contribution >= 0.6 is 0 Å². The molecule has 4 N–H and O–H groups in total. The second-order valence-electron chi connectivity index (χ2n) is 7.30. The predicted octanol–water partition coefficient (Wildman–Crippen LogP) is -0.141. The Balaban J connectivity index is 2.04. The van der Waals surface area contributed by atoms with E-state index in [0.717, 1.165) is 0 Å². The molecule has 3 unspecified atom stereocenters. The molecule has 1 aliphatic rings. The molecule has 0 aromatic carbocycles. The summed E-state index contributed by atoms with van der Waals surface area (Å²) in [4.78, 5) is 27.2. The van der Waals surface area contributed by atoms with E-state index in [1.165, 1.54) is 16.6 Å². The van der Waals surface area contributed by atoms with E-state index in [2.05, 4.69) is 10.3 Å². The Morgan fingerprint density at radius 3 is 2.75 bits per heavy atom. The van der Waals surface area contributed by atoms with Crippen LogP contribution in [0.15, 0.2) is 29.4 Å². The van der Waals surface area contributed by atoms with Gasteiger partial charge in [0.2, 0.25) is 11.8 Å². The number of aromatic nitrogens is 1. The molecular weight excluding hydrogens is 384 g/mol. The summed E-state index contributed by atoms with van der Waals surface area (Å²) in [5.41, 5.74) is 5.20. The molecule has 0 bridgehead atoms. The molecule has 1 aliphatic heterocycles. The lowest BCUT2D eigenvalue weighted by Crippen LogP contribution is -2.49. The Morgan fingerprint density at radius 2 is 2.14 bits per heavy atom. The minimum atomic E-state index is -3.83. The molecule has 0 spiro atoms. The molecule has 2 heterocycles. The smallest absolute Gasteiger partial charge is 0.260 e. The van der Waals surface area contributed by atoms with Gasteiger partial charge in [0.15, 0.2) is 5.03 Å². The van der Waals surface area contributed by atoms with Crippen LogP contribution in [-0.4, -0.2) is 59.9 Å². The molecule has 0 saturated carbocycles. The highest BCUT2D eigenvalue weighted by molar-refractivity contribution is 7.89. The topological polar surface area (TPSA) is 143 Å². The van der Waals surface area contributed by atoms with E-state index in [4.69, 9.17) is 5.73 Å². The van der Waals surface area contributed by atoms with E-state index in [1.807, 2.05) is 6.92 Å². The van der Waals surface area contributed by atoms with E-state index >= 15 is 0 Å². The third-order valence-corrected chi connectivity index (χ3v) is 6.89. The molecule has 9 nitrogen and oxygen atoms in total. The molecule has 28 heavy (non-hydrogen) atoms. The Labute approximate surface area is 165 Å². The predicted molar refractivity (Wildman–Crippen MR) is 102 cm³/mol. The molecule has 1 fully saturated rings. The Kier molecular flexibility index (Phi) is 7.50. The molecule has 0 aliphatic carbocycles. The highest BCUT2D eigenvalue weighted by atomic mass is 32.2. The number of hydrogen-bond donors (Lipinski definition) is 3. The molecule has 1 aromatic rings. The number of sulfonamides is 1. The average molecular weight is 413 g/mol. The van der Waals surface area contributed by atoms with Crippen molar-refractivity contribution in [2.45, 2.75) is 50.3 Å². The van der Waals surface area contributed by atoms with Crippen LogP contribution in [0.1, 0.15) is 33.1 Å². The number of amides is 2. The number of carbonyl (C=O) groups excluding carboxylic acids is 2. The van der Waals surface area contributed by atoms with Crippen molar-refractivity contribution in [2.75, 3.05) is 13.1 Å². The summed E-state index contributed by atoms with van der Waals surface area (Å²) >= 11 is 0. The summed E-state index contributed by atoms with van der Waals surface area (Å²) in [6, 6.07) is 4.05. The second-order valence-corrected chi connectivity index (χ2v) is 9.18. The fourth-order valence-corrected chi connectivity index (χ4v) is 4.56. The number of aliphatic hydroxyl groups is 1.